The number of amides is 4. The molecule has 4 amide bonds. The number of benzene rings is 3. The number of nitro benzene ring substituents is 1. The quantitative estimate of drug-likeness (QED) is 0.318. The van der Waals surface area contributed by atoms with E-state index in [-0.39, 0.29) is 5.69 Å². The first-order chi connectivity index (χ1) is 16.3. The molecule has 9 heteroatoms. The fourth-order valence-electron chi connectivity index (χ4n) is 3.90. The molecule has 0 saturated carbocycles. The third kappa shape index (κ3) is 4.49. The Bertz CT molecular complexity index is 1260. The molecule has 3 aromatic rings. The van der Waals surface area contributed by atoms with Gasteiger partial charge in [0.25, 0.3) is 11.6 Å². The molecule has 0 bridgehead atoms. The summed E-state index contributed by atoms with van der Waals surface area (Å²) in [6, 6.07) is 21.8. The molecule has 0 spiro atoms. The van der Waals surface area contributed by atoms with Crippen LogP contribution in [0.1, 0.15) is 23.6 Å². The summed E-state index contributed by atoms with van der Waals surface area (Å²) >= 11 is 0. The Kier molecular flexibility index (Phi) is 6.09. The van der Waals surface area contributed by atoms with Gasteiger partial charge in [-0.2, -0.15) is 0 Å². The fourth-order valence-corrected chi connectivity index (χ4v) is 3.90. The molecule has 34 heavy (non-hydrogen) atoms. The van der Waals surface area contributed by atoms with E-state index in [9.17, 15) is 24.5 Å². The van der Waals surface area contributed by atoms with Gasteiger partial charge in [-0.15, -0.1) is 0 Å². The molecule has 172 valence electrons. The van der Waals surface area contributed by atoms with E-state index < -0.39 is 34.9 Å². The minimum atomic E-state index is -1.43. The first-order valence-electron chi connectivity index (χ1n) is 10.6. The number of anilines is 1. The predicted octanol–water partition coefficient (Wildman–Crippen LogP) is 3.59. The zero-order chi connectivity index (χ0) is 24.3. The summed E-state index contributed by atoms with van der Waals surface area (Å²) in [7, 11) is 0. The van der Waals surface area contributed by atoms with E-state index in [0.717, 1.165) is 16.0 Å². The molecular formula is C25H22N4O5. The van der Waals surface area contributed by atoms with Crippen LogP contribution in [0, 0.1) is 10.1 Å². The van der Waals surface area contributed by atoms with Crippen LogP contribution in [-0.2, 0) is 21.5 Å². The normalized spacial score (nSPS) is 17.4. The smallest absolute Gasteiger partial charge is 0.324 e. The molecule has 9 nitrogen and oxygen atoms in total. The monoisotopic (exact) mass is 458 g/mol. The summed E-state index contributed by atoms with van der Waals surface area (Å²) in [5, 5.41) is 16.3. The van der Waals surface area contributed by atoms with E-state index in [1.165, 1.54) is 31.2 Å². The van der Waals surface area contributed by atoms with Crippen molar-refractivity contribution in [3.63, 3.8) is 0 Å². The van der Waals surface area contributed by atoms with Crippen molar-refractivity contribution in [1.82, 2.24) is 10.2 Å². The second-order valence-corrected chi connectivity index (χ2v) is 8.12. The molecule has 3 aromatic carbocycles. The van der Waals surface area contributed by atoms with E-state index in [0.29, 0.717) is 17.7 Å². The van der Waals surface area contributed by atoms with Crippen molar-refractivity contribution in [3.05, 3.63) is 106 Å². The molecule has 1 unspecified atom stereocenters. The molecule has 1 aliphatic rings. The van der Waals surface area contributed by atoms with E-state index in [2.05, 4.69) is 10.6 Å². The fraction of sp³-hybridized carbons (Fsp3) is 0.160. The van der Waals surface area contributed by atoms with Crippen molar-refractivity contribution >= 4 is 29.2 Å². The van der Waals surface area contributed by atoms with E-state index in [1.807, 2.05) is 42.5 Å². The first kappa shape index (κ1) is 22.7. The van der Waals surface area contributed by atoms with Crippen molar-refractivity contribution in [2.24, 2.45) is 0 Å². The Morgan fingerprint density at radius 2 is 1.65 bits per heavy atom. The van der Waals surface area contributed by atoms with Crippen molar-refractivity contribution in [1.29, 1.82) is 0 Å². The Labute approximate surface area is 195 Å². The van der Waals surface area contributed by atoms with Gasteiger partial charge in [-0.3, -0.25) is 24.6 Å². The van der Waals surface area contributed by atoms with Crippen LogP contribution >= 0.6 is 0 Å². The maximum Gasteiger partial charge on any atom is 0.325 e. The van der Waals surface area contributed by atoms with Crippen molar-refractivity contribution < 1.29 is 19.3 Å². The summed E-state index contributed by atoms with van der Waals surface area (Å²) in [6.07, 6.45) is 0.610. The highest BCUT2D eigenvalue weighted by atomic mass is 16.6. The van der Waals surface area contributed by atoms with Gasteiger partial charge in [0.1, 0.15) is 12.1 Å². The van der Waals surface area contributed by atoms with Gasteiger partial charge in [0.05, 0.1) is 4.92 Å². The first-order valence-corrected chi connectivity index (χ1v) is 10.6. The van der Waals surface area contributed by atoms with Crippen LogP contribution in [0.15, 0.2) is 78.9 Å². The number of nitro groups is 1. The van der Waals surface area contributed by atoms with Crippen molar-refractivity contribution in [3.8, 4) is 0 Å². The van der Waals surface area contributed by atoms with E-state index in [1.54, 1.807) is 12.1 Å². The van der Waals surface area contributed by atoms with Crippen LogP contribution in [0.2, 0.25) is 0 Å². The summed E-state index contributed by atoms with van der Waals surface area (Å²) in [5.74, 6) is -1.13. The zero-order valence-electron chi connectivity index (χ0n) is 18.4. The SMILES string of the molecule is CC1(c2ccc([N+](=O)[O-])cc2)NC(=O)N(CC(=O)Nc2ccccc2Cc2ccccc2)C1=O. The van der Waals surface area contributed by atoms with Gasteiger partial charge in [0, 0.05) is 17.8 Å². The third-order valence-electron chi connectivity index (χ3n) is 5.76. The van der Waals surface area contributed by atoms with Crippen LogP contribution in [0.3, 0.4) is 0 Å². The maximum atomic E-state index is 13.1. The number of imide groups is 1. The third-order valence-corrected chi connectivity index (χ3v) is 5.76. The summed E-state index contributed by atoms with van der Waals surface area (Å²) < 4.78 is 0. The van der Waals surface area contributed by atoms with Gasteiger partial charge >= 0.3 is 6.03 Å². The molecule has 1 fully saturated rings. The predicted molar refractivity (Wildman–Crippen MR) is 125 cm³/mol. The second-order valence-electron chi connectivity index (χ2n) is 8.12. The van der Waals surface area contributed by atoms with Crippen molar-refractivity contribution in [2.75, 3.05) is 11.9 Å². The van der Waals surface area contributed by atoms with Gasteiger partial charge in [-0.25, -0.2) is 4.79 Å². The summed E-state index contributed by atoms with van der Waals surface area (Å²) in [5.41, 5.74) is 1.40. The van der Waals surface area contributed by atoms with E-state index in [4.69, 9.17) is 0 Å². The Morgan fingerprint density at radius 3 is 2.32 bits per heavy atom. The Balaban J connectivity index is 1.47. The minimum Gasteiger partial charge on any atom is -0.324 e. The molecule has 2 N–H and O–H groups in total. The van der Waals surface area contributed by atoms with Gasteiger partial charge in [0.15, 0.2) is 0 Å². The zero-order valence-corrected chi connectivity index (χ0v) is 18.4. The highest BCUT2D eigenvalue weighted by Crippen LogP contribution is 2.30. The number of carbonyl (C=O) groups excluding carboxylic acids is 3. The molecule has 1 heterocycles. The van der Waals surface area contributed by atoms with Crippen LogP contribution in [0.5, 0.6) is 0 Å². The molecule has 0 aliphatic carbocycles. The maximum absolute atomic E-state index is 13.1. The van der Waals surface area contributed by atoms with Gasteiger partial charge < -0.3 is 10.6 Å². The molecule has 4 rings (SSSR count). The average Bonchev–Trinajstić information content (AvgIpc) is 3.05. The van der Waals surface area contributed by atoms with Gasteiger partial charge in [-0.1, -0.05) is 48.5 Å². The number of nitrogens with zero attached hydrogens (tertiary/aromatic N) is 2. The molecule has 0 radical (unpaired) electrons. The van der Waals surface area contributed by atoms with Gasteiger partial charge in [-0.05, 0) is 48.2 Å². The lowest BCUT2D eigenvalue weighted by atomic mass is 9.92. The lowest BCUT2D eigenvalue weighted by Crippen LogP contribution is -2.42. The largest absolute Gasteiger partial charge is 0.325 e. The van der Waals surface area contributed by atoms with Crippen LogP contribution in [0.25, 0.3) is 0 Å². The topological polar surface area (TPSA) is 122 Å². The van der Waals surface area contributed by atoms with Crippen molar-refractivity contribution in [2.45, 2.75) is 18.9 Å². The highest BCUT2D eigenvalue weighted by Gasteiger charge is 2.49. The number of hydrogen-bond acceptors (Lipinski definition) is 5. The van der Waals surface area contributed by atoms with Crippen LogP contribution < -0.4 is 10.6 Å². The van der Waals surface area contributed by atoms with Crippen LogP contribution in [0.4, 0.5) is 16.2 Å². The molecule has 1 saturated heterocycles. The number of rotatable bonds is 7. The van der Waals surface area contributed by atoms with Crippen LogP contribution in [-0.4, -0.2) is 34.2 Å². The number of para-hydroxylation sites is 1. The standard InChI is InChI=1S/C25H22N4O5/c1-25(19-11-13-20(14-12-19)29(33)34)23(31)28(24(32)27-25)16-22(30)26-21-10-6-5-9-18(21)15-17-7-3-2-4-8-17/h2-14H,15-16H2,1H3,(H,26,30)(H,27,32). The Morgan fingerprint density at radius 1 is 1.00 bits per heavy atom. The number of hydrogen-bond donors (Lipinski definition) is 2. The average molecular weight is 458 g/mol. The number of urea groups is 1. The summed E-state index contributed by atoms with van der Waals surface area (Å²) in [6.45, 7) is 1.04. The lowest BCUT2D eigenvalue weighted by Gasteiger charge is -2.22. The van der Waals surface area contributed by atoms with E-state index >= 15 is 0 Å². The minimum absolute atomic E-state index is 0.130. The molecule has 1 atom stereocenters. The highest BCUT2D eigenvalue weighted by molar-refractivity contribution is 6.10. The van der Waals surface area contributed by atoms with Gasteiger partial charge in [0.2, 0.25) is 5.91 Å². The molecule has 0 aromatic heterocycles. The second kappa shape index (κ2) is 9.14. The lowest BCUT2D eigenvalue weighted by molar-refractivity contribution is -0.384. The number of non-ortho nitro benzene ring substituents is 1. The number of nitrogens with one attached hydrogen (secondary N) is 2. The Hall–Kier alpha value is -4.53. The summed E-state index contributed by atoms with van der Waals surface area (Å²) in [4.78, 5) is 49.6. The molecular weight excluding hydrogens is 436 g/mol. The molecule has 1 aliphatic heterocycles. The number of carbonyl (C=O) groups is 3.